The van der Waals surface area contributed by atoms with Gasteiger partial charge in [0.2, 0.25) is 5.88 Å². The van der Waals surface area contributed by atoms with Gasteiger partial charge in [-0.15, -0.1) is 11.6 Å². The van der Waals surface area contributed by atoms with Crippen LogP contribution in [0.3, 0.4) is 0 Å². The zero-order valence-electron chi connectivity index (χ0n) is 12.3. The molecular weight excluding hydrogens is 294 g/mol. The van der Waals surface area contributed by atoms with Crippen LogP contribution in [0.4, 0.5) is 0 Å². The van der Waals surface area contributed by atoms with E-state index in [-0.39, 0.29) is 17.8 Å². The highest BCUT2D eigenvalue weighted by Gasteiger charge is 2.17. The van der Waals surface area contributed by atoms with E-state index in [4.69, 9.17) is 21.1 Å². The van der Waals surface area contributed by atoms with Crippen molar-refractivity contribution in [1.82, 2.24) is 14.5 Å². The first-order chi connectivity index (χ1) is 10.1. The first kappa shape index (κ1) is 15.6. The van der Waals surface area contributed by atoms with Crippen LogP contribution in [0.1, 0.15) is 31.5 Å². The number of nitrogens with zero attached hydrogens (tertiary/aromatic N) is 3. The summed E-state index contributed by atoms with van der Waals surface area (Å²) in [6.45, 7) is 4.40. The molecule has 0 aliphatic carbocycles. The van der Waals surface area contributed by atoms with Crippen LogP contribution in [0.5, 0.6) is 5.88 Å². The third kappa shape index (κ3) is 3.44. The van der Waals surface area contributed by atoms with E-state index in [1.165, 1.54) is 0 Å². The Morgan fingerprint density at radius 3 is 2.81 bits per heavy atom. The Morgan fingerprint density at radius 1 is 1.43 bits per heavy atom. The van der Waals surface area contributed by atoms with Crippen molar-refractivity contribution in [1.29, 1.82) is 0 Å². The van der Waals surface area contributed by atoms with Crippen LogP contribution in [0.15, 0.2) is 12.1 Å². The largest absolute Gasteiger partial charge is 0.481 e. The van der Waals surface area contributed by atoms with E-state index in [1.54, 1.807) is 20.1 Å². The summed E-state index contributed by atoms with van der Waals surface area (Å²) in [6.07, 6.45) is 0.245. The van der Waals surface area contributed by atoms with Gasteiger partial charge in [0.15, 0.2) is 5.65 Å². The van der Waals surface area contributed by atoms with Crippen LogP contribution in [-0.4, -0.2) is 34.2 Å². The van der Waals surface area contributed by atoms with Gasteiger partial charge in [0.25, 0.3) is 0 Å². The molecule has 0 saturated heterocycles. The molecule has 2 aromatic heterocycles. The fourth-order valence-corrected chi connectivity index (χ4v) is 2.24. The fraction of sp³-hybridized carbons (Fsp3) is 0.500. The predicted octanol–water partition coefficient (Wildman–Crippen LogP) is 2.69. The number of ether oxygens (including phenoxy) is 2. The molecule has 0 spiro atoms. The van der Waals surface area contributed by atoms with Crippen LogP contribution >= 0.6 is 11.6 Å². The number of fused-ring (bicyclic) bond motifs is 1. The average Bonchev–Trinajstić information content (AvgIpc) is 2.83. The number of imidazole rings is 1. The SMILES string of the molecule is CCOC(=O)CCn1c(C(C)Cl)nc2ccc(OC)nc21. The van der Waals surface area contributed by atoms with Crippen LogP contribution < -0.4 is 4.74 Å². The highest BCUT2D eigenvalue weighted by Crippen LogP contribution is 2.25. The number of carbonyl (C=O) groups excluding carboxylic acids is 1. The molecule has 21 heavy (non-hydrogen) atoms. The summed E-state index contributed by atoms with van der Waals surface area (Å²) >= 11 is 6.17. The highest BCUT2D eigenvalue weighted by atomic mass is 35.5. The van der Waals surface area contributed by atoms with Gasteiger partial charge in [0.1, 0.15) is 11.3 Å². The molecule has 0 N–H and O–H groups in total. The van der Waals surface area contributed by atoms with Crippen molar-refractivity contribution in [2.45, 2.75) is 32.2 Å². The van der Waals surface area contributed by atoms with Gasteiger partial charge in [0, 0.05) is 12.6 Å². The quantitative estimate of drug-likeness (QED) is 0.606. The lowest BCUT2D eigenvalue weighted by atomic mass is 10.3. The van der Waals surface area contributed by atoms with E-state index in [2.05, 4.69) is 9.97 Å². The van der Waals surface area contributed by atoms with Gasteiger partial charge in [-0.1, -0.05) is 0 Å². The van der Waals surface area contributed by atoms with Crippen molar-refractivity contribution in [3.8, 4) is 5.88 Å². The van der Waals surface area contributed by atoms with Gasteiger partial charge in [-0.3, -0.25) is 4.79 Å². The molecular formula is C14H18ClN3O3. The van der Waals surface area contributed by atoms with Crippen LogP contribution in [-0.2, 0) is 16.1 Å². The molecule has 1 atom stereocenters. The zero-order valence-corrected chi connectivity index (χ0v) is 13.1. The molecule has 0 aliphatic rings. The van der Waals surface area contributed by atoms with Crippen molar-refractivity contribution in [2.75, 3.05) is 13.7 Å². The number of methoxy groups -OCH3 is 1. The molecule has 0 amide bonds. The number of rotatable bonds is 6. The lowest BCUT2D eigenvalue weighted by Crippen LogP contribution is -2.12. The Bertz CT molecular complexity index is 640. The van der Waals surface area contributed by atoms with E-state index >= 15 is 0 Å². The molecule has 2 aromatic rings. The normalized spacial score (nSPS) is 12.4. The molecule has 2 heterocycles. The number of halogens is 1. The van der Waals surface area contributed by atoms with Gasteiger partial charge in [-0.05, 0) is 19.9 Å². The number of aromatic nitrogens is 3. The van der Waals surface area contributed by atoms with Crippen LogP contribution in [0, 0.1) is 0 Å². The molecule has 0 aliphatic heterocycles. The summed E-state index contributed by atoms with van der Waals surface area (Å²) in [4.78, 5) is 20.4. The van der Waals surface area contributed by atoms with Crippen molar-refractivity contribution in [2.24, 2.45) is 0 Å². The maximum Gasteiger partial charge on any atom is 0.307 e. The van der Waals surface area contributed by atoms with Crippen LogP contribution in [0.2, 0.25) is 0 Å². The Balaban J connectivity index is 2.37. The van der Waals surface area contributed by atoms with Crippen molar-refractivity contribution >= 4 is 28.7 Å². The number of carbonyl (C=O) groups is 1. The molecule has 1 unspecified atom stereocenters. The highest BCUT2D eigenvalue weighted by molar-refractivity contribution is 6.20. The van der Waals surface area contributed by atoms with Gasteiger partial charge in [-0.25, -0.2) is 4.98 Å². The van der Waals surface area contributed by atoms with Crippen molar-refractivity contribution in [3.05, 3.63) is 18.0 Å². The second-order valence-electron chi connectivity index (χ2n) is 4.49. The van der Waals surface area contributed by atoms with Gasteiger partial charge < -0.3 is 14.0 Å². The van der Waals surface area contributed by atoms with Gasteiger partial charge in [-0.2, -0.15) is 4.98 Å². The zero-order chi connectivity index (χ0) is 15.4. The Morgan fingerprint density at radius 2 is 2.19 bits per heavy atom. The predicted molar refractivity (Wildman–Crippen MR) is 79.6 cm³/mol. The lowest BCUT2D eigenvalue weighted by molar-refractivity contribution is -0.143. The number of aryl methyl sites for hydroxylation is 1. The standard InChI is InChI=1S/C14H18ClN3O3/c1-4-21-12(19)7-8-18-13(9(2)15)16-10-5-6-11(20-3)17-14(10)18/h5-6,9H,4,7-8H2,1-3H3. The minimum absolute atomic E-state index is 0.245. The summed E-state index contributed by atoms with van der Waals surface area (Å²) in [5.74, 6) is 0.917. The molecule has 0 radical (unpaired) electrons. The van der Waals surface area contributed by atoms with Crippen LogP contribution in [0.25, 0.3) is 11.2 Å². The summed E-state index contributed by atoms with van der Waals surface area (Å²) in [7, 11) is 1.55. The number of esters is 1. The summed E-state index contributed by atoms with van der Waals surface area (Å²) in [5.41, 5.74) is 1.38. The number of hydrogen-bond donors (Lipinski definition) is 0. The number of alkyl halides is 1. The number of hydrogen-bond acceptors (Lipinski definition) is 5. The second kappa shape index (κ2) is 6.76. The third-order valence-electron chi connectivity index (χ3n) is 3.01. The fourth-order valence-electron chi connectivity index (χ4n) is 2.08. The van der Waals surface area contributed by atoms with E-state index in [9.17, 15) is 4.79 Å². The molecule has 0 aromatic carbocycles. The first-order valence-electron chi connectivity index (χ1n) is 6.77. The van der Waals surface area contributed by atoms with E-state index < -0.39 is 0 Å². The summed E-state index contributed by atoms with van der Waals surface area (Å²) < 4.78 is 11.9. The second-order valence-corrected chi connectivity index (χ2v) is 5.14. The minimum atomic E-state index is -0.285. The molecule has 2 rings (SSSR count). The Hall–Kier alpha value is -1.82. The summed E-state index contributed by atoms with van der Waals surface area (Å²) in [5, 5.41) is -0.285. The van der Waals surface area contributed by atoms with E-state index in [0.717, 1.165) is 5.52 Å². The average molecular weight is 312 g/mol. The Kier molecular flexibility index (Phi) is 5.01. The Labute approximate surface area is 128 Å². The molecule has 0 saturated carbocycles. The van der Waals surface area contributed by atoms with E-state index in [1.807, 2.05) is 17.6 Å². The minimum Gasteiger partial charge on any atom is -0.481 e. The lowest BCUT2D eigenvalue weighted by Gasteiger charge is -2.09. The van der Waals surface area contributed by atoms with Crippen molar-refractivity contribution in [3.63, 3.8) is 0 Å². The maximum absolute atomic E-state index is 11.5. The maximum atomic E-state index is 11.5. The van der Waals surface area contributed by atoms with Crippen molar-refractivity contribution < 1.29 is 14.3 Å². The topological polar surface area (TPSA) is 66.2 Å². The molecule has 7 heteroatoms. The van der Waals surface area contributed by atoms with E-state index in [0.29, 0.717) is 30.5 Å². The van der Waals surface area contributed by atoms with Gasteiger partial charge in [0.05, 0.1) is 25.5 Å². The smallest absolute Gasteiger partial charge is 0.307 e. The molecule has 114 valence electrons. The first-order valence-corrected chi connectivity index (χ1v) is 7.21. The van der Waals surface area contributed by atoms with Gasteiger partial charge >= 0.3 is 5.97 Å². The molecule has 0 bridgehead atoms. The summed E-state index contributed by atoms with van der Waals surface area (Å²) in [6, 6.07) is 3.57. The monoisotopic (exact) mass is 311 g/mol. The third-order valence-corrected chi connectivity index (χ3v) is 3.20. The molecule has 0 fully saturated rings. The molecule has 6 nitrogen and oxygen atoms in total. The number of pyridine rings is 1.